The largest absolute Gasteiger partial charge is 0.352 e. The molecule has 0 aliphatic carbocycles. The number of nitrogens with zero attached hydrogens (tertiary/aromatic N) is 1. The Kier molecular flexibility index (Phi) is 10.3. The highest BCUT2D eigenvalue weighted by Gasteiger charge is 2.29. The van der Waals surface area contributed by atoms with E-state index in [1.165, 1.54) is 16.7 Å². The average Bonchev–Trinajstić information content (AvgIpc) is 2.74. The number of carbonyl (C=O) groups is 2. The van der Waals surface area contributed by atoms with E-state index in [2.05, 4.69) is 37.4 Å². The van der Waals surface area contributed by atoms with Gasteiger partial charge in [0.25, 0.3) is 0 Å². The zero-order valence-electron chi connectivity index (χ0n) is 20.4. The third-order valence-corrected chi connectivity index (χ3v) is 6.75. The van der Waals surface area contributed by atoms with Crippen molar-refractivity contribution in [2.24, 2.45) is 0 Å². The predicted octanol–water partition coefficient (Wildman–Crippen LogP) is 5.57. The molecule has 0 saturated heterocycles. The fourth-order valence-corrected chi connectivity index (χ4v) is 4.67. The molecule has 0 aromatic heterocycles. The van der Waals surface area contributed by atoms with Gasteiger partial charge in [0.1, 0.15) is 6.04 Å². The Labute approximate surface area is 198 Å². The molecule has 0 radical (unpaired) electrons. The number of aryl methyl sites for hydroxylation is 3. The molecule has 2 atom stereocenters. The second-order valence-corrected chi connectivity index (χ2v) is 9.66. The van der Waals surface area contributed by atoms with Crippen LogP contribution in [0.25, 0.3) is 0 Å². The zero-order valence-corrected chi connectivity index (χ0v) is 21.2. The SMILES string of the molecule is CC[C@H](C(=O)N[C@@H](C)CC)N(Cc1ccccc1C)C(=O)CSCc1cc(C)cc(C)c1. The van der Waals surface area contributed by atoms with Gasteiger partial charge in [0.15, 0.2) is 0 Å². The van der Waals surface area contributed by atoms with Gasteiger partial charge in [-0.1, -0.05) is 67.4 Å². The summed E-state index contributed by atoms with van der Waals surface area (Å²) in [6, 6.07) is 14.2. The van der Waals surface area contributed by atoms with Crippen LogP contribution in [0.3, 0.4) is 0 Å². The van der Waals surface area contributed by atoms with Crippen LogP contribution in [-0.2, 0) is 21.9 Å². The second kappa shape index (κ2) is 12.7. The summed E-state index contributed by atoms with van der Waals surface area (Å²) < 4.78 is 0. The molecule has 2 amide bonds. The van der Waals surface area contributed by atoms with Crippen LogP contribution in [0, 0.1) is 20.8 Å². The minimum Gasteiger partial charge on any atom is -0.352 e. The molecule has 32 heavy (non-hydrogen) atoms. The van der Waals surface area contributed by atoms with Crippen molar-refractivity contribution in [2.45, 2.75) is 78.8 Å². The first-order valence-electron chi connectivity index (χ1n) is 11.5. The van der Waals surface area contributed by atoms with Crippen LogP contribution in [0.5, 0.6) is 0 Å². The maximum absolute atomic E-state index is 13.4. The van der Waals surface area contributed by atoms with Crippen molar-refractivity contribution in [3.05, 3.63) is 70.3 Å². The molecule has 0 heterocycles. The van der Waals surface area contributed by atoms with Crippen molar-refractivity contribution in [2.75, 3.05) is 5.75 Å². The van der Waals surface area contributed by atoms with Crippen LogP contribution in [0.2, 0.25) is 0 Å². The number of benzene rings is 2. The van der Waals surface area contributed by atoms with E-state index in [4.69, 9.17) is 0 Å². The van der Waals surface area contributed by atoms with E-state index in [-0.39, 0.29) is 17.9 Å². The van der Waals surface area contributed by atoms with Crippen molar-refractivity contribution >= 4 is 23.6 Å². The van der Waals surface area contributed by atoms with Crippen LogP contribution in [0.4, 0.5) is 0 Å². The topological polar surface area (TPSA) is 49.4 Å². The van der Waals surface area contributed by atoms with Crippen molar-refractivity contribution in [1.82, 2.24) is 10.2 Å². The highest BCUT2D eigenvalue weighted by Crippen LogP contribution is 2.20. The monoisotopic (exact) mass is 454 g/mol. The zero-order chi connectivity index (χ0) is 23.7. The Bertz CT molecular complexity index is 892. The summed E-state index contributed by atoms with van der Waals surface area (Å²) in [5.41, 5.74) is 5.91. The Balaban J connectivity index is 2.17. The number of carbonyl (C=O) groups excluding carboxylic acids is 2. The van der Waals surface area contributed by atoms with Crippen molar-refractivity contribution in [3.8, 4) is 0 Å². The lowest BCUT2D eigenvalue weighted by Gasteiger charge is -2.32. The molecule has 0 unspecified atom stereocenters. The van der Waals surface area contributed by atoms with Gasteiger partial charge < -0.3 is 10.2 Å². The fraction of sp³-hybridized carbons (Fsp3) is 0.481. The molecule has 2 rings (SSSR count). The van der Waals surface area contributed by atoms with Gasteiger partial charge >= 0.3 is 0 Å². The summed E-state index contributed by atoms with van der Waals surface area (Å²) in [5, 5.41) is 3.07. The van der Waals surface area contributed by atoms with E-state index in [1.807, 2.05) is 52.0 Å². The van der Waals surface area contributed by atoms with E-state index in [9.17, 15) is 9.59 Å². The summed E-state index contributed by atoms with van der Waals surface area (Å²) >= 11 is 1.61. The van der Waals surface area contributed by atoms with Crippen LogP contribution in [0.15, 0.2) is 42.5 Å². The van der Waals surface area contributed by atoms with Crippen LogP contribution < -0.4 is 5.32 Å². The van der Waals surface area contributed by atoms with Gasteiger partial charge in [-0.15, -0.1) is 11.8 Å². The number of thioether (sulfide) groups is 1. The maximum Gasteiger partial charge on any atom is 0.243 e. The third-order valence-electron chi connectivity index (χ3n) is 5.76. The van der Waals surface area contributed by atoms with Gasteiger partial charge in [-0.25, -0.2) is 0 Å². The van der Waals surface area contributed by atoms with Crippen molar-refractivity contribution < 1.29 is 9.59 Å². The minimum atomic E-state index is -0.474. The van der Waals surface area contributed by atoms with Gasteiger partial charge in [0, 0.05) is 18.3 Å². The molecule has 2 aromatic rings. The lowest BCUT2D eigenvalue weighted by atomic mass is 10.1. The van der Waals surface area contributed by atoms with Gasteiger partial charge in [-0.2, -0.15) is 0 Å². The van der Waals surface area contributed by atoms with Gasteiger partial charge in [-0.05, 0) is 57.2 Å². The highest BCUT2D eigenvalue weighted by molar-refractivity contribution is 7.99. The standard InChI is InChI=1S/C27H38N2O2S/c1-7-22(6)28-27(31)25(8-2)29(16-24-12-10-9-11-21(24)5)26(30)18-32-17-23-14-19(3)13-20(4)15-23/h9-15,22,25H,7-8,16-18H2,1-6H3,(H,28,31)/t22-,25+/m0/s1. The lowest BCUT2D eigenvalue weighted by Crippen LogP contribution is -2.51. The summed E-state index contributed by atoms with van der Waals surface area (Å²) in [5.74, 6) is 1.07. The molecule has 174 valence electrons. The van der Waals surface area contributed by atoms with E-state index < -0.39 is 6.04 Å². The van der Waals surface area contributed by atoms with Crippen LogP contribution in [-0.4, -0.2) is 34.6 Å². The molecule has 0 spiro atoms. The van der Waals surface area contributed by atoms with Crippen molar-refractivity contribution in [1.29, 1.82) is 0 Å². The smallest absolute Gasteiger partial charge is 0.243 e. The Morgan fingerprint density at radius 2 is 1.66 bits per heavy atom. The number of amides is 2. The summed E-state index contributed by atoms with van der Waals surface area (Å²) in [6.45, 7) is 12.7. The minimum absolute atomic E-state index is 0.00813. The molecule has 4 nitrogen and oxygen atoms in total. The molecular formula is C27H38N2O2S. The molecule has 1 N–H and O–H groups in total. The summed E-state index contributed by atoms with van der Waals surface area (Å²) in [7, 11) is 0. The molecule has 5 heteroatoms. The van der Waals surface area contributed by atoms with E-state index >= 15 is 0 Å². The number of hydrogen-bond donors (Lipinski definition) is 1. The first-order valence-corrected chi connectivity index (χ1v) is 12.7. The summed E-state index contributed by atoms with van der Waals surface area (Å²) in [4.78, 5) is 28.2. The number of hydrogen-bond acceptors (Lipinski definition) is 3. The first kappa shape index (κ1) is 26.0. The maximum atomic E-state index is 13.4. The van der Waals surface area contributed by atoms with Gasteiger partial charge in [-0.3, -0.25) is 9.59 Å². The second-order valence-electron chi connectivity index (χ2n) is 8.68. The van der Waals surface area contributed by atoms with Crippen molar-refractivity contribution in [3.63, 3.8) is 0 Å². The highest BCUT2D eigenvalue weighted by atomic mass is 32.2. The van der Waals surface area contributed by atoms with Gasteiger partial charge in [0.2, 0.25) is 11.8 Å². The predicted molar refractivity (Wildman–Crippen MR) is 136 cm³/mol. The summed E-state index contributed by atoms with van der Waals surface area (Å²) in [6.07, 6.45) is 1.45. The van der Waals surface area contributed by atoms with E-state index in [1.54, 1.807) is 16.7 Å². The van der Waals surface area contributed by atoms with Gasteiger partial charge in [0.05, 0.1) is 5.75 Å². The fourth-order valence-electron chi connectivity index (χ4n) is 3.82. The van der Waals surface area contributed by atoms with E-state index in [0.717, 1.165) is 23.3 Å². The quantitative estimate of drug-likeness (QED) is 0.483. The Hall–Kier alpha value is -2.27. The third kappa shape index (κ3) is 7.70. The number of rotatable bonds is 11. The first-order chi connectivity index (χ1) is 15.2. The molecule has 0 bridgehead atoms. The lowest BCUT2D eigenvalue weighted by molar-refractivity contribution is -0.139. The Morgan fingerprint density at radius 1 is 1.00 bits per heavy atom. The molecule has 0 fully saturated rings. The molecule has 2 aromatic carbocycles. The number of nitrogens with one attached hydrogen (secondary N) is 1. The average molecular weight is 455 g/mol. The molecule has 0 saturated carbocycles. The van der Waals surface area contributed by atoms with Crippen LogP contribution in [0.1, 0.15) is 61.4 Å². The molecular weight excluding hydrogens is 416 g/mol. The normalized spacial score (nSPS) is 12.8. The van der Waals surface area contributed by atoms with Crippen LogP contribution >= 0.6 is 11.8 Å². The molecule has 0 aliphatic heterocycles. The Morgan fingerprint density at radius 3 is 2.25 bits per heavy atom. The molecule has 0 aliphatic rings. The van der Waals surface area contributed by atoms with E-state index in [0.29, 0.717) is 18.7 Å².